The Morgan fingerprint density at radius 2 is 2.06 bits per heavy atom. The van der Waals surface area contributed by atoms with E-state index in [0.29, 0.717) is 0 Å². The van der Waals surface area contributed by atoms with E-state index in [1.54, 1.807) is 7.11 Å². The van der Waals surface area contributed by atoms with Gasteiger partial charge >= 0.3 is 0 Å². The van der Waals surface area contributed by atoms with Crippen molar-refractivity contribution in [3.8, 4) is 5.69 Å². The van der Waals surface area contributed by atoms with E-state index in [4.69, 9.17) is 4.74 Å². The number of benzene rings is 1. The van der Waals surface area contributed by atoms with Gasteiger partial charge in [0.25, 0.3) is 0 Å². The van der Waals surface area contributed by atoms with Crippen LogP contribution in [0, 0.1) is 0 Å². The van der Waals surface area contributed by atoms with Gasteiger partial charge < -0.3 is 10.1 Å². The van der Waals surface area contributed by atoms with Gasteiger partial charge in [0.1, 0.15) is 0 Å². The van der Waals surface area contributed by atoms with E-state index in [1.807, 2.05) is 42.2 Å². The normalized spacial score (nSPS) is 12.6. The second-order valence-corrected chi connectivity index (χ2v) is 4.13. The van der Waals surface area contributed by atoms with E-state index < -0.39 is 0 Å². The van der Waals surface area contributed by atoms with Gasteiger partial charge in [0.15, 0.2) is 0 Å². The molecule has 2 aromatic rings. The molecule has 2 rings (SSSR count). The molecule has 18 heavy (non-hydrogen) atoms. The predicted octanol–water partition coefficient (Wildman–Crippen LogP) is 2.17. The van der Waals surface area contributed by atoms with Crippen molar-refractivity contribution in [1.82, 2.24) is 15.1 Å². The minimum absolute atomic E-state index is 0.243. The standard InChI is InChI=1S/C14H19N3O/c1-15-13(9-11-18-2)14-8-10-16-17(14)12-6-4-3-5-7-12/h3-8,10,13,15H,9,11H2,1-2H3. The van der Waals surface area contributed by atoms with Crippen LogP contribution in [0.15, 0.2) is 42.6 Å². The van der Waals surface area contributed by atoms with Gasteiger partial charge in [-0.15, -0.1) is 0 Å². The number of rotatable bonds is 6. The number of methoxy groups -OCH3 is 1. The van der Waals surface area contributed by atoms with Gasteiger partial charge in [-0.3, -0.25) is 0 Å². The van der Waals surface area contributed by atoms with Gasteiger partial charge in [-0.05, 0) is 31.7 Å². The Hall–Kier alpha value is -1.65. The molecule has 0 aliphatic carbocycles. The Kier molecular flexibility index (Phi) is 4.50. The average Bonchev–Trinajstić information content (AvgIpc) is 2.90. The summed E-state index contributed by atoms with van der Waals surface area (Å²) in [5.74, 6) is 0. The van der Waals surface area contributed by atoms with Crippen molar-refractivity contribution in [2.75, 3.05) is 20.8 Å². The van der Waals surface area contributed by atoms with Crippen LogP contribution in [0.25, 0.3) is 5.69 Å². The van der Waals surface area contributed by atoms with E-state index >= 15 is 0 Å². The van der Waals surface area contributed by atoms with E-state index in [-0.39, 0.29) is 6.04 Å². The first-order chi connectivity index (χ1) is 8.86. The third-order valence-corrected chi connectivity index (χ3v) is 2.99. The minimum atomic E-state index is 0.243. The van der Waals surface area contributed by atoms with Gasteiger partial charge in [-0.25, -0.2) is 4.68 Å². The summed E-state index contributed by atoms with van der Waals surface area (Å²) in [5, 5.41) is 7.71. The monoisotopic (exact) mass is 245 g/mol. The summed E-state index contributed by atoms with van der Waals surface area (Å²) in [6, 6.07) is 12.4. The highest BCUT2D eigenvalue weighted by Gasteiger charge is 2.14. The van der Waals surface area contributed by atoms with Crippen molar-refractivity contribution in [1.29, 1.82) is 0 Å². The second kappa shape index (κ2) is 6.33. The molecule has 1 heterocycles. The number of hydrogen-bond donors (Lipinski definition) is 1. The molecular weight excluding hydrogens is 226 g/mol. The van der Waals surface area contributed by atoms with Crippen molar-refractivity contribution >= 4 is 0 Å². The maximum absolute atomic E-state index is 5.15. The fraction of sp³-hybridized carbons (Fsp3) is 0.357. The van der Waals surface area contributed by atoms with Crippen LogP contribution in [0.4, 0.5) is 0 Å². The molecule has 0 amide bonds. The summed E-state index contributed by atoms with van der Waals surface area (Å²) in [7, 11) is 3.68. The molecule has 1 unspecified atom stereocenters. The van der Waals surface area contributed by atoms with Crippen molar-refractivity contribution < 1.29 is 4.74 Å². The zero-order valence-electron chi connectivity index (χ0n) is 10.8. The number of para-hydroxylation sites is 1. The van der Waals surface area contributed by atoms with Gasteiger partial charge in [0.05, 0.1) is 17.4 Å². The lowest BCUT2D eigenvalue weighted by molar-refractivity contribution is 0.183. The number of ether oxygens (including phenoxy) is 1. The molecule has 0 bridgehead atoms. The highest BCUT2D eigenvalue weighted by molar-refractivity contribution is 5.33. The molecule has 4 heteroatoms. The molecule has 4 nitrogen and oxygen atoms in total. The van der Waals surface area contributed by atoms with E-state index in [2.05, 4.69) is 22.5 Å². The predicted molar refractivity (Wildman–Crippen MR) is 71.9 cm³/mol. The molecule has 0 saturated heterocycles. The first-order valence-electron chi connectivity index (χ1n) is 6.12. The molecule has 0 aliphatic heterocycles. The lowest BCUT2D eigenvalue weighted by Crippen LogP contribution is -2.21. The number of hydrogen-bond acceptors (Lipinski definition) is 3. The third kappa shape index (κ3) is 2.78. The largest absolute Gasteiger partial charge is 0.385 e. The summed E-state index contributed by atoms with van der Waals surface area (Å²) in [6.07, 6.45) is 2.75. The first kappa shape index (κ1) is 12.8. The van der Waals surface area contributed by atoms with Crippen molar-refractivity contribution in [3.05, 3.63) is 48.3 Å². The molecule has 1 N–H and O–H groups in total. The van der Waals surface area contributed by atoms with Crippen LogP contribution in [0.1, 0.15) is 18.2 Å². The van der Waals surface area contributed by atoms with Crippen molar-refractivity contribution in [2.24, 2.45) is 0 Å². The molecule has 0 fully saturated rings. The third-order valence-electron chi connectivity index (χ3n) is 2.99. The van der Waals surface area contributed by atoms with Crippen LogP contribution in [0.3, 0.4) is 0 Å². The average molecular weight is 245 g/mol. The van der Waals surface area contributed by atoms with Crippen LogP contribution in [0.2, 0.25) is 0 Å². The summed E-state index contributed by atoms with van der Waals surface area (Å²) >= 11 is 0. The summed E-state index contributed by atoms with van der Waals surface area (Å²) < 4.78 is 7.12. The Labute approximate surface area is 108 Å². The number of nitrogens with zero attached hydrogens (tertiary/aromatic N) is 2. The molecule has 0 spiro atoms. The molecule has 0 radical (unpaired) electrons. The van der Waals surface area contributed by atoms with Gasteiger partial charge in [0, 0.05) is 19.9 Å². The van der Waals surface area contributed by atoms with E-state index in [9.17, 15) is 0 Å². The zero-order valence-corrected chi connectivity index (χ0v) is 10.8. The molecule has 1 aromatic heterocycles. The Morgan fingerprint density at radius 3 is 2.72 bits per heavy atom. The maximum atomic E-state index is 5.15. The molecule has 96 valence electrons. The fourth-order valence-electron chi connectivity index (χ4n) is 2.04. The lowest BCUT2D eigenvalue weighted by Gasteiger charge is -2.17. The Morgan fingerprint density at radius 1 is 1.28 bits per heavy atom. The SMILES string of the molecule is CNC(CCOC)c1ccnn1-c1ccccc1. The van der Waals surface area contributed by atoms with Gasteiger partial charge in [0.2, 0.25) is 0 Å². The maximum Gasteiger partial charge on any atom is 0.0649 e. The Bertz CT molecular complexity index is 467. The molecule has 0 saturated carbocycles. The number of aromatic nitrogens is 2. The first-order valence-corrected chi connectivity index (χ1v) is 6.12. The quantitative estimate of drug-likeness (QED) is 0.847. The summed E-state index contributed by atoms with van der Waals surface area (Å²) in [4.78, 5) is 0. The topological polar surface area (TPSA) is 39.1 Å². The highest BCUT2D eigenvalue weighted by Crippen LogP contribution is 2.19. The van der Waals surface area contributed by atoms with Crippen molar-refractivity contribution in [3.63, 3.8) is 0 Å². The molecule has 0 aliphatic rings. The fourth-order valence-corrected chi connectivity index (χ4v) is 2.04. The van der Waals surface area contributed by atoms with E-state index in [1.165, 1.54) is 0 Å². The molecule has 1 atom stereocenters. The van der Waals surface area contributed by atoms with Crippen LogP contribution >= 0.6 is 0 Å². The van der Waals surface area contributed by atoms with Crippen molar-refractivity contribution in [2.45, 2.75) is 12.5 Å². The second-order valence-electron chi connectivity index (χ2n) is 4.13. The smallest absolute Gasteiger partial charge is 0.0649 e. The zero-order chi connectivity index (χ0) is 12.8. The lowest BCUT2D eigenvalue weighted by atomic mass is 10.1. The molecule has 1 aromatic carbocycles. The minimum Gasteiger partial charge on any atom is -0.385 e. The summed E-state index contributed by atoms with van der Waals surface area (Å²) in [6.45, 7) is 0.728. The van der Waals surface area contributed by atoms with Gasteiger partial charge in [-0.2, -0.15) is 5.10 Å². The van der Waals surface area contributed by atoms with Crippen LogP contribution < -0.4 is 5.32 Å². The van der Waals surface area contributed by atoms with Crippen LogP contribution in [-0.4, -0.2) is 30.5 Å². The van der Waals surface area contributed by atoms with E-state index in [0.717, 1.165) is 24.4 Å². The molecular formula is C14H19N3O. The summed E-state index contributed by atoms with van der Waals surface area (Å²) in [5.41, 5.74) is 2.23. The highest BCUT2D eigenvalue weighted by atomic mass is 16.5. The Balaban J connectivity index is 2.26. The van der Waals surface area contributed by atoms with Crippen LogP contribution in [0.5, 0.6) is 0 Å². The van der Waals surface area contributed by atoms with Crippen LogP contribution in [-0.2, 0) is 4.74 Å². The van der Waals surface area contributed by atoms with Gasteiger partial charge in [-0.1, -0.05) is 18.2 Å². The number of nitrogens with one attached hydrogen (secondary N) is 1.